The number of hydrogen-bond acceptors (Lipinski definition) is 5. The Balaban J connectivity index is 1.13. The number of thioether (sulfide) groups is 1. The summed E-state index contributed by atoms with van der Waals surface area (Å²) in [6.07, 6.45) is 0.0485. The summed E-state index contributed by atoms with van der Waals surface area (Å²) >= 11 is 1.62. The first-order valence-corrected chi connectivity index (χ1v) is 12.4. The van der Waals surface area contributed by atoms with E-state index in [1.54, 1.807) is 36.2 Å². The molecule has 1 aromatic carbocycles. The molecule has 5 rings (SSSR count). The molecule has 0 bridgehead atoms. The molecular formula is C24H26F3N5OS. The molecule has 1 saturated heterocycles. The Hall–Kier alpha value is -2.59. The van der Waals surface area contributed by atoms with Crippen molar-refractivity contribution in [2.45, 2.75) is 36.5 Å². The van der Waals surface area contributed by atoms with Gasteiger partial charge in [0.15, 0.2) is 11.0 Å². The zero-order valence-corrected chi connectivity index (χ0v) is 19.6. The minimum Gasteiger partial charge on any atom is -0.329 e. The van der Waals surface area contributed by atoms with E-state index < -0.39 is 11.7 Å². The third-order valence-electron chi connectivity index (χ3n) is 7.01. The average molecular weight is 490 g/mol. The van der Waals surface area contributed by atoms with E-state index in [4.69, 9.17) is 0 Å². The number of aromatic nitrogens is 4. The lowest BCUT2D eigenvalue weighted by atomic mass is 9.95. The second kappa shape index (κ2) is 8.88. The first-order chi connectivity index (χ1) is 16.3. The minimum absolute atomic E-state index is 0.000516. The molecule has 34 heavy (non-hydrogen) atoms. The molecular weight excluding hydrogens is 463 g/mol. The predicted octanol–water partition coefficient (Wildman–Crippen LogP) is 4.55. The maximum absolute atomic E-state index is 13.4. The van der Waals surface area contributed by atoms with Crippen LogP contribution in [-0.2, 0) is 13.2 Å². The molecule has 0 amide bonds. The Morgan fingerprint density at radius 2 is 2.06 bits per heavy atom. The van der Waals surface area contributed by atoms with Gasteiger partial charge in [-0.2, -0.15) is 13.2 Å². The molecule has 0 radical (unpaired) electrons. The zero-order chi connectivity index (χ0) is 23.9. The third kappa shape index (κ3) is 4.53. The minimum atomic E-state index is -4.30. The zero-order valence-electron chi connectivity index (χ0n) is 18.8. The number of H-pyrrole nitrogens is 1. The Morgan fingerprint density at radius 1 is 1.24 bits per heavy atom. The van der Waals surface area contributed by atoms with Gasteiger partial charge in [0.05, 0.1) is 5.56 Å². The van der Waals surface area contributed by atoms with Gasteiger partial charge in [-0.1, -0.05) is 30.0 Å². The molecule has 2 aromatic heterocycles. The Labute approximate surface area is 199 Å². The van der Waals surface area contributed by atoms with Crippen molar-refractivity contribution in [2.75, 3.05) is 25.4 Å². The molecule has 1 saturated carbocycles. The quantitative estimate of drug-likeness (QED) is 0.390. The summed E-state index contributed by atoms with van der Waals surface area (Å²) in [7, 11) is 1.88. The number of alkyl halides is 3. The summed E-state index contributed by atoms with van der Waals surface area (Å²) < 4.78 is 42.2. The normalized spacial score (nSPS) is 22.5. The molecule has 2 atom stereocenters. The first kappa shape index (κ1) is 23.2. The van der Waals surface area contributed by atoms with Crippen LogP contribution in [0.2, 0.25) is 0 Å². The van der Waals surface area contributed by atoms with Crippen LogP contribution in [-0.4, -0.2) is 50.0 Å². The number of pyridine rings is 1. The summed E-state index contributed by atoms with van der Waals surface area (Å²) in [5.74, 6) is 1.52. The Morgan fingerprint density at radius 3 is 2.85 bits per heavy atom. The van der Waals surface area contributed by atoms with Crippen molar-refractivity contribution in [3.63, 3.8) is 0 Å². The number of aromatic amines is 1. The highest BCUT2D eigenvalue weighted by molar-refractivity contribution is 7.99. The summed E-state index contributed by atoms with van der Waals surface area (Å²) in [4.78, 5) is 16.5. The fourth-order valence-corrected chi connectivity index (χ4v) is 6.03. The largest absolute Gasteiger partial charge is 0.416 e. The van der Waals surface area contributed by atoms with Gasteiger partial charge in [-0.05, 0) is 61.4 Å². The van der Waals surface area contributed by atoms with Gasteiger partial charge >= 0.3 is 6.18 Å². The summed E-state index contributed by atoms with van der Waals surface area (Å²) in [5.41, 5.74) is 0.526. The van der Waals surface area contributed by atoms with E-state index >= 15 is 0 Å². The topological polar surface area (TPSA) is 66.8 Å². The molecule has 2 aliphatic rings. The number of hydrogen-bond donors (Lipinski definition) is 1. The van der Waals surface area contributed by atoms with Gasteiger partial charge < -0.3 is 14.5 Å². The van der Waals surface area contributed by atoms with E-state index in [1.165, 1.54) is 18.2 Å². The summed E-state index contributed by atoms with van der Waals surface area (Å²) in [6, 6.07) is 9.34. The number of rotatable bonds is 7. The molecule has 1 aliphatic carbocycles. The van der Waals surface area contributed by atoms with Gasteiger partial charge in [0.2, 0.25) is 5.56 Å². The smallest absolute Gasteiger partial charge is 0.329 e. The lowest BCUT2D eigenvalue weighted by Gasteiger charge is -2.17. The number of halogens is 3. The van der Waals surface area contributed by atoms with Crippen molar-refractivity contribution in [3.05, 3.63) is 64.1 Å². The van der Waals surface area contributed by atoms with Crippen molar-refractivity contribution in [2.24, 2.45) is 12.5 Å². The van der Waals surface area contributed by atoms with Crippen molar-refractivity contribution in [1.29, 1.82) is 0 Å². The lowest BCUT2D eigenvalue weighted by Crippen LogP contribution is -2.23. The SMILES string of the molecule is Cn1c(SCCCN2CC[C@]3(C[C@H]3c3ccccc3C(F)(F)F)C2)nnc1-c1cc[nH]c(=O)c1. The molecule has 1 aliphatic heterocycles. The standard InChI is InChI=1S/C24H26F3N5OS/c1-31-21(16-7-9-28-20(33)13-16)29-30-22(31)34-12-4-10-32-11-8-23(15-32)14-19(23)17-5-2-3-6-18(17)24(25,26)27/h2-3,5-7,9,13,19H,4,8,10-12,14-15H2,1H3,(H,28,33)/t19-,23-/m0/s1. The molecule has 1 spiro atoms. The molecule has 3 heterocycles. The Kier molecular flexibility index (Phi) is 6.05. The maximum Gasteiger partial charge on any atom is 0.416 e. The van der Waals surface area contributed by atoms with Crippen molar-refractivity contribution >= 4 is 11.8 Å². The van der Waals surface area contributed by atoms with Crippen LogP contribution in [0.3, 0.4) is 0 Å². The fourth-order valence-electron chi connectivity index (χ4n) is 5.20. The third-order valence-corrected chi connectivity index (χ3v) is 8.12. The summed E-state index contributed by atoms with van der Waals surface area (Å²) in [5, 5.41) is 9.27. The predicted molar refractivity (Wildman–Crippen MR) is 125 cm³/mol. The van der Waals surface area contributed by atoms with Crippen molar-refractivity contribution < 1.29 is 13.2 Å². The van der Waals surface area contributed by atoms with E-state index in [-0.39, 0.29) is 16.9 Å². The first-order valence-electron chi connectivity index (χ1n) is 11.4. The lowest BCUT2D eigenvalue weighted by molar-refractivity contribution is -0.138. The molecule has 6 nitrogen and oxygen atoms in total. The average Bonchev–Trinajstić information content (AvgIpc) is 3.14. The van der Waals surface area contributed by atoms with E-state index in [0.29, 0.717) is 11.4 Å². The van der Waals surface area contributed by atoms with Crippen LogP contribution in [0.25, 0.3) is 11.4 Å². The number of benzene rings is 1. The highest BCUT2D eigenvalue weighted by Gasteiger charge is 2.59. The van der Waals surface area contributed by atoms with E-state index in [9.17, 15) is 18.0 Å². The Bertz CT molecular complexity index is 1240. The van der Waals surface area contributed by atoms with Gasteiger partial charge in [0.25, 0.3) is 0 Å². The highest BCUT2D eigenvalue weighted by Crippen LogP contribution is 2.65. The van der Waals surface area contributed by atoms with E-state index in [0.717, 1.165) is 55.4 Å². The molecule has 10 heteroatoms. The number of nitrogens with zero attached hydrogens (tertiary/aromatic N) is 4. The van der Waals surface area contributed by atoms with Crippen LogP contribution in [0.4, 0.5) is 13.2 Å². The van der Waals surface area contributed by atoms with Crippen LogP contribution < -0.4 is 5.56 Å². The van der Waals surface area contributed by atoms with E-state index in [2.05, 4.69) is 20.1 Å². The second-order valence-electron chi connectivity index (χ2n) is 9.24. The highest BCUT2D eigenvalue weighted by atomic mass is 32.2. The molecule has 3 aromatic rings. The van der Waals surface area contributed by atoms with Gasteiger partial charge in [0.1, 0.15) is 0 Å². The van der Waals surface area contributed by atoms with Crippen LogP contribution in [0.15, 0.2) is 52.5 Å². The van der Waals surface area contributed by atoms with Crippen LogP contribution in [0, 0.1) is 5.41 Å². The van der Waals surface area contributed by atoms with Gasteiger partial charge in [0, 0.05) is 37.2 Å². The van der Waals surface area contributed by atoms with Gasteiger partial charge in [-0.25, -0.2) is 0 Å². The van der Waals surface area contributed by atoms with Crippen molar-refractivity contribution in [1.82, 2.24) is 24.6 Å². The monoisotopic (exact) mass is 489 g/mol. The van der Waals surface area contributed by atoms with Crippen LogP contribution in [0.5, 0.6) is 0 Å². The second-order valence-corrected chi connectivity index (χ2v) is 10.3. The molecule has 0 unspecified atom stereocenters. The van der Waals surface area contributed by atoms with Crippen LogP contribution in [0.1, 0.15) is 36.3 Å². The number of likely N-dealkylation sites (tertiary alicyclic amines) is 1. The molecule has 1 N–H and O–H groups in total. The maximum atomic E-state index is 13.4. The van der Waals surface area contributed by atoms with Crippen molar-refractivity contribution in [3.8, 4) is 11.4 Å². The van der Waals surface area contributed by atoms with Crippen LogP contribution >= 0.6 is 11.8 Å². The van der Waals surface area contributed by atoms with Gasteiger partial charge in [-0.15, -0.1) is 10.2 Å². The summed E-state index contributed by atoms with van der Waals surface area (Å²) in [6.45, 7) is 2.72. The van der Waals surface area contributed by atoms with E-state index in [1.807, 2.05) is 11.6 Å². The van der Waals surface area contributed by atoms with Gasteiger partial charge in [-0.3, -0.25) is 4.79 Å². The number of nitrogens with one attached hydrogen (secondary N) is 1. The fraction of sp³-hybridized carbons (Fsp3) is 0.458. The molecule has 180 valence electrons. The molecule has 2 fully saturated rings.